The average Bonchev–Trinajstić information content (AvgIpc) is 3.21. The van der Waals surface area contributed by atoms with Crippen LogP contribution in [0.1, 0.15) is 51.2 Å². The monoisotopic (exact) mass is 387 g/mol. The summed E-state index contributed by atoms with van der Waals surface area (Å²) >= 11 is 1.32. The van der Waals surface area contributed by atoms with E-state index in [1.165, 1.54) is 31.0 Å². The van der Waals surface area contributed by atoms with E-state index in [1.54, 1.807) is 12.3 Å². The van der Waals surface area contributed by atoms with E-state index in [0.29, 0.717) is 11.1 Å². The number of nitrogens with one attached hydrogen (secondary N) is 1. The topological polar surface area (TPSA) is 81.2 Å². The Kier molecular flexibility index (Phi) is 4.11. The Morgan fingerprint density at radius 3 is 2.48 bits per heavy atom. The number of aromatic nitrogens is 2. The van der Waals surface area contributed by atoms with Gasteiger partial charge in [-0.05, 0) is 76.2 Å². The van der Waals surface area contributed by atoms with E-state index in [-0.39, 0.29) is 16.7 Å². The van der Waals surface area contributed by atoms with Gasteiger partial charge in [0.1, 0.15) is 5.76 Å². The smallest absolute Gasteiger partial charge is 0.277 e. The molecule has 2 aromatic heterocycles. The SMILES string of the molecule is Cc1occc1-c1nnc(SC(C)C(=O)NC23CC4CC(CC(C4)C2)C3)o1. The van der Waals surface area contributed by atoms with Crippen LogP contribution in [0.4, 0.5) is 0 Å². The molecule has 1 amide bonds. The fourth-order valence-electron chi connectivity index (χ4n) is 5.80. The van der Waals surface area contributed by atoms with Crippen LogP contribution < -0.4 is 5.32 Å². The van der Waals surface area contributed by atoms with Gasteiger partial charge in [-0.1, -0.05) is 11.8 Å². The van der Waals surface area contributed by atoms with E-state index in [0.717, 1.165) is 48.3 Å². The van der Waals surface area contributed by atoms with Crippen molar-refractivity contribution in [2.45, 2.75) is 68.4 Å². The number of thioether (sulfide) groups is 1. The minimum atomic E-state index is -0.267. The van der Waals surface area contributed by atoms with Gasteiger partial charge in [0.15, 0.2) is 0 Å². The maximum Gasteiger partial charge on any atom is 0.277 e. The Hall–Kier alpha value is -1.76. The molecule has 0 radical (unpaired) electrons. The van der Waals surface area contributed by atoms with Crippen molar-refractivity contribution in [1.29, 1.82) is 0 Å². The third kappa shape index (κ3) is 3.20. The third-order valence-electron chi connectivity index (χ3n) is 6.57. The lowest BCUT2D eigenvalue weighted by Crippen LogP contribution is -2.60. The first-order valence-corrected chi connectivity index (χ1v) is 10.7. The fourth-order valence-corrected chi connectivity index (χ4v) is 6.49. The Balaban J connectivity index is 1.24. The number of hydrogen-bond donors (Lipinski definition) is 1. The zero-order chi connectivity index (χ0) is 18.6. The second kappa shape index (κ2) is 6.40. The predicted octanol–water partition coefficient (Wildman–Crippen LogP) is 4.20. The highest BCUT2D eigenvalue weighted by Crippen LogP contribution is 2.55. The molecule has 6 nitrogen and oxygen atoms in total. The quantitative estimate of drug-likeness (QED) is 0.774. The van der Waals surface area contributed by atoms with Gasteiger partial charge in [-0.25, -0.2) is 0 Å². The van der Waals surface area contributed by atoms with Gasteiger partial charge >= 0.3 is 0 Å². The molecule has 2 heterocycles. The average molecular weight is 388 g/mol. The van der Waals surface area contributed by atoms with Crippen LogP contribution in [0.15, 0.2) is 26.4 Å². The van der Waals surface area contributed by atoms with Crippen LogP contribution >= 0.6 is 11.8 Å². The summed E-state index contributed by atoms with van der Waals surface area (Å²) in [6, 6.07) is 1.81. The van der Waals surface area contributed by atoms with Crippen LogP contribution in [0.5, 0.6) is 0 Å². The zero-order valence-corrected chi connectivity index (χ0v) is 16.6. The second-order valence-corrected chi connectivity index (χ2v) is 10.0. The van der Waals surface area contributed by atoms with Crippen molar-refractivity contribution in [3.05, 3.63) is 18.1 Å². The van der Waals surface area contributed by atoms with E-state index in [4.69, 9.17) is 8.83 Å². The van der Waals surface area contributed by atoms with Gasteiger partial charge in [0, 0.05) is 5.54 Å². The van der Waals surface area contributed by atoms with Crippen LogP contribution in [-0.4, -0.2) is 26.9 Å². The van der Waals surface area contributed by atoms with Gasteiger partial charge in [-0.15, -0.1) is 10.2 Å². The molecule has 144 valence electrons. The molecule has 0 aromatic carbocycles. The van der Waals surface area contributed by atoms with Gasteiger partial charge in [-0.2, -0.15) is 0 Å². The van der Waals surface area contributed by atoms with Crippen LogP contribution in [0.3, 0.4) is 0 Å². The second-order valence-electron chi connectivity index (χ2n) is 8.71. The van der Waals surface area contributed by atoms with Crippen molar-refractivity contribution in [3.63, 3.8) is 0 Å². The molecule has 27 heavy (non-hydrogen) atoms. The van der Waals surface area contributed by atoms with Crippen molar-refractivity contribution in [3.8, 4) is 11.5 Å². The summed E-state index contributed by atoms with van der Waals surface area (Å²) in [5, 5.41) is 11.7. The van der Waals surface area contributed by atoms with Crippen molar-refractivity contribution in [2.75, 3.05) is 0 Å². The molecule has 1 unspecified atom stereocenters. The molecule has 4 saturated carbocycles. The molecular weight excluding hydrogens is 362 g/mol. The normalized spacial score (nSPS) is 32.6. The number of furan rings is 1. The molecule has 4 bridgehead atoms. The maximum atomic E-state index is 12.9. The van der Waals surface area contributed by atoms with Crippen molar-refractivity contribution < 1.29 is 13.6 Å². The lowest BCUT2D eigenvalue weighted by molar-refractivity contribution is -0.126. The van der Waals surface area contributed by atoms with Crippen LogP contribution in [-0.2, 0) is 4.79 Å². The zero-order valence-electron chi connectivity index (χ0n) is 15.7. The largest absolute Gasteiger partial charge is 0.469 e. The van der Waals surface area contributed by atoms with Gasteiger partial charge < -0.3 is 14.2 Å². The third-order valence-corrected chi connectivity index (χ3v) is 7.50. The molecule has 2 aromatic rings. The first-order chi connectivity index (χ1) is 13.0. The minimum absolute atomic E-state index is 0.0363. The van der Waals surface area contributed by atoms with Gasteiger partial charge in [0.05, 0.1) is 17.1 Å². The van der Waals surface area contributed by atoms with E-state index in [2.05, 4.69) is 15.5 Å². The number of nitrogens with zero attached hydrogens (tertiary/aromatic N) is 2. The Bertz CT molecular complexity index is 823. The summed E-state index contributed by atoms with van der Waals surface area (Å²) in [5.41, 5.74) is 0.828. The molecule has 1 N–H and O–H groups in total. The summed E-state index contributed by atoms with van der Waals surface area (Å²) in [5.74, 6) is 3.70. The van der Waals surface area contributed by atoms with E-state index < -0.39 is 0 Å². The van der Waals surface area contributed by atoms with Gasteiger partial charge in [0.2, 0.25) is 5.91 Å². The number of rotatable bonds is 5. The molecule has 0 saturated heterocycles. The van der Waals surface area contributed by atoms with Crippen LogP contribution in [0.2, 0.25) is 0 Å². The summed E-state index contributed by atoms with van der Waals surface area (Å²) in [4.78, 5) is 12.9. The standard InChI is InChI=1S/C20H25N3O3S/c1-11-16(3-4-25-11)18-22-23-19(26-18)27-12(2)17(24)21-20-8-13-5-14(9-20)7-15(6-13)10-20/h3-4,12-15H,5-10H2,1-2H3,(H,21,24). The predicted molar refractivity (Wildman–Crippen MR) is 101 cm³/mol. The van der Waals surface area contributed by atoms with Crippen LogP contribution in [0, 0.1) is 24.7 Å². The first kappa shape index (κ1) is 17.3. The number of hydrogen-bond acceptors (Lipinski definition) is 6. The Morgan fingerprint density at radius 2 is 1.89 bits per heavy atom. The molecule has 7 heteroatoms. The number of carbonyl (C=O) groups excluding carboxylic acids is 1. The summed E-state index contributed by atoms with van der Waals surface area (Å²) in [6.45, 7) is 3.77. The van der Waals surface area contributed by atoms with Crippen molar-refractivity contribution in [2.24, 2.45) is 17.8 Å². The molecule has 1 atom stereocenters. The fraction of sp³-hybridized carbons (Fsp3) is 0.650. The van der Waals surface area contributed by atoms with Crippen molar-refractivity contribution in [1.82, 2.24) is 15.5 Å². The van der Waals surface area contributed by atoms with Crippen molar-refractivity contribution >= 4 is 17.7 Å². The molecular formula is C20H25N3O3S. The summed E-state index contributed by atoms with van der Waals surface area (Å²) in [7, 11) is 0. The highest BCUT2D eigenvalue weighted by molar-refractivity contribution is 8.00. The molecule has 0 spiro atoms. The molecule has 0 aliphatic heterocycles. The van der Waals surface area contributed by atoms with Gasteiger partial charge in [-0.3, -0.25) is 4.79 Å². The minimum Gasteiger partial charge on any atom is -0.469 e. The molecule has 4 fully saturated rings. The Labute approximate surface area is 162 Å². The van der Waals surface area contributed by atoms with E-state index >= 15 is 0 Å². The Morgan fingerprint density at radius 1 is 1.22 bits per heavy atom. The number of carbonyl (C=O) groups is 1. The lowest BCUT2D eigenvalue weighted by Gasteiger charge is -2.57. The molecule has 6 rings (SSSR count). The lowest BCUT2D eigenvalue weighted by atomic mass is 9.53. The first-order valence-electron chi connectivity index (χ1n) is 9.86. The molecule has 4 aliphatic rings. The molecule has 4 aliphatic carbocycles. The highest BCUT2D eigenvalue weighted by Gasteiger charge is 2.51. The van der Waals surface area contributed by atoms with Gasteiger partial charge in [0.25, 0.3) is 11.1 Å². The highest BCUT2D eigenvalue weighted by atomic mass is 32.2. The van der Waals surface area contributed by atoms with Crippen LogP contribution in [0.25, 0.3) is 11.5 Å². The summed E-state index contributed by atoms with van der Waals surface area (Å²) < 4.78 is 11.0. The van der Waals surface area contributed by atoms with E-state index in [9.17, 15) is 4.79 Å². The maximum absolute atomic E-state index is 12.9. The number of aryl methyl sites for hydroxylation is 1. The van der Waals surface area contributed by atoms with E-state index in [1.807, 2.05) is 13.8 Å². The number of amides is 1. The summed E-state index contributed by atoms with van der Waals surface area (Å²) in [6.07, 6.45) is 9.20.